The lowest BCUT2D eigenvalue weighted by Gasteiger charge is -2.37. The molecule has 0 saturated carbocycles. The second-order valence-electron chi connectivity index (χ2n) is 7.66. The molecule has 30 heavy (non-hydrogen) atoms. The number of halogens is 1. The summed E-state index contributed by atoms with van der Waals surface area (Å²) in [6, 6.07) is 7.41. The number of nitrogens with one attached hydrogen (secondary N) is 2. The lowest BCUT2D eigenvalue weighted by molar-refractivity contribution is 0.00752. The molecule has 172 valence electrons. The van der Waals surface area contributed by atoms with Crippen molar-refractivity contribution in [3.8, 4) is 0 Å². The van der Waals surface area contributed by atoms with Crippen LogP contribution < -0.4 is 10.6 Å². The summed E-state index contributed by atoms with van der Waals surface area (Å²) in [4.78, 5) is 7.06. The average molecular weight is 554 g/mol. The first-order valence-corrected chi connectivity index (χ1v) is 11.5. The van der Waals surface area contributed by atoms with Crippen molar-refractivity contribution in [1.82, 2.24) is 19.8 Å². The van der Waals surface area contributed by atoms with Crippen molar-refractivity contribution in [1.29, 1.82) is 0 Å². The number of rotatable bonds is 8. The van der Waals surface area contributed by atoms with E-state index in [0.29, 0.717) is 34.9 Å². The highest BCUT2D eigenvalue weighted by atomic mass is 127. The summed E-state index contributed by atoms with van der Waals surface area (Å²) in [5.74, 6) is 1.14. The molecule has 0 aliphatic carbocycles. The number of guanidine groups is 1. The maximum atomic E-state index is 12.6. The molecule has 0 aromatic heterocycles. The van der Waals surface area contributed by atoms with Gasteiger partial charge in [0.2, 0.25) is 10.0 Å². The molecule has 1 aliphatic rings. The van der Waals surface area contributed by atoms with Crippen molar-refractivity contribution < 1.29 is 13.2 Å². The van der Waals surface area contributed by atoms with Gasteiger partial charge < -0.3 is 15.4 Å². The van der Waals surface area contributed by atoms with Gasteiger partial charge >= 0.3 is 0 Å². The fourth-order valence-electron chi connectivity index (χ4n) is 3.39. The minimum absolute atomic E-state index is 0. The molecule has 8 nitrogen and oxygen atoms in total. The first-order valence-electron chi connectivity index (χ1n) is 10.0. The molecule has 10 heteroatoms. The van der Waals surface area contributed by atoms with Gasteiger partial charge in [-0.25, -0.2) is 12.7 Å². The van der Waals surface area contributed by atoms with Gasteiger partial charge in [-0.3, -0.25) is 9.89 Å². The van der Waals surface area contributed by atoms with Crippen LogP contribution in [0.2, 0.25) is 0 Å². The maximum absolute atomic E-state index is 12.6. The summed E-state index contributed by atoms with van der Waals surface area (Å²) in [6.45, 7) is 8.99. The van der Waals surface area contributed by atoms with E-state index in [1.165, 1.54) is 18.4 Å². The molecule has 1 unspecified atom stereocenters. The van der Waals surface area contributed by atoms with E-state index >= 15 is 0 Å². The van der Waals surface area contributed by atoms with Gasteiger partial charge in [0.25, 0.3) is 0 Å². The number of benzene rings is 1. The van der Waals surface area contributed by atoms with E-state index in [1.807, 2.05) is 12.1 Å². The standard InChI is InChI=1S/C20H35N5O3S.HI/c1-16(2)18(25-10-12-28-13-11-25)15-23-20(21-3)22-14-17-8-6-7-9-19(17)29(26,27)24(4)5;/h6-9,16,18H,10-15H2,1-5H3,(H2,21,22,23);1H. The first-order chi connectivity index (χ1) is 13.8. The number of aliphatic imine (C=N–C) groups is 1. The third kappa shape index (κ3) is 7.33. The molecule has 0 spiro atoms. The highest BCUT2D eigenvalue weighted by Gasteiger charge is 2.24. The molecular weight excluding hydrogens is 517 g/mol. The van der Waals surface area contributed by atoms with Gasteiger partial charge in [-0.2, -0.15) is 0 Å². The molecule has 0 radical (unpaired) electrons. The zero-order valence-corrected chi connectivity index (χ0v) is 21.7. The van der Waals surface area contributed by atoms with Gasteiger partial charge in [0.05, 0.1) is 18.1 Å². The summed E-state index contributed by atoms with van der Waals surface area (Å²) in [5.41, 5.74) is 0.706. The van der Waals surface area contributed by atoms with Gasteiger partial charge in [-0.15, -0.1) is 24.0 Å². The Balaban J connectivity index is 0.00000450. The van der Waals surface area contributed by atoms with Gasteiger partial charge in [0, 0.05) is 53.4 Å². The first kappa shape index (κ1) is 27.1. The van der Waals surface area contributed by atoms with E-state index in [2.05, 4.69) is 34.4 Å². The number of ether oxygens (including phenoxy) is 1. The molecule has 1 saturated heterocycles. The second kappa shape index (κ2) is 12.8. The molecule has 1 heterocycles. The molecule has 1 aromatic rings. The monoisotopic (exact) mass is 553 g/mol. The van der Waals surface area contributed by atoms with Gasteiger partial charge in [-0.1, -0.05) is 32.0 Å². The number of nitrogens with zero attached hydrogens (tertiary/aromatic N) is 3. The Bertz CT molecular complexity index is 780. The second-order valence-corrected chi connectivity index (χ2v) is 9.78. The summed E-state index contributed by atoms with van der Waals surface area (Å²) in [7, 11) is 1.30. The summed E-state index contributed by atoms with van der Waals surface area (Å²) in [6.07, 6.45) is 0. The molecule has 2 rings (SSSR count). The van der Waals surface area contributed by atoms with Gasteiger partial charge in [-0.05, 0) is 17.5 Å². The van der Waals surface area contributed by atoms with E-state index in [1.54, 1.807) is 19.2 Å². The van der Waals surface area contributed by atoms with Crippen molar-refractivity contribution in [2.75, 3.05) is 54.0 Å². The quantitative estimate of drug-likeness (QED) is 0.289. The number of sulfonamides is 1. The Morgan fingerprint density at radius 2 is 1.83 bits per heavy atom. The van der Waals surface area contributed by atoms with Crippen LogP contribution in [0.5, 0.6) is 0 Å². The fraction of sp³-hybridized carbons (Fsp3) is 0.650. The van der Waals surface area contributed by atoms with Crippen LogP contribution in [0.3, 0.4) is 0 Å². The lowest BCUT2D eigenvalue weighted by atomic mass is 10.0. The minimum atomic E-state index is -3.50. The van der Waals surface area contributed by atoms with Crippen LogP contribution in [0.1, 0.15) is 19.4 Å². The number of morpholine rings is 1. The van der Waals surface area contributed by atoms with Gasteiger partial charge in [0.15, 0.2) is 5.96 Å². The van der Waals surface area contributed by atoms with Crippen molar-refractivity contribution in [2.45, 2.75) is 31.3 Å². The van der Waals surface area contributed by atoms with Crippen LogP contribution >= 0.6 is 24.0 Å². The topological polar surface area (TPSA) is 86.3 Å². The van der Waals surface area contributed by atoms with E-state index in [4.69, 9.17) is 4.74 Å². The zero-order chi connectivity index (χ0) is 21.4. The maximum Gasteiger partial charge on any atom is 0.242 e. The Morgan fingerprint density at radius 1 is 1.20 bits per heavy atom. The summed E-state index contributed by atoms with van der Waals surface area (Å²) >= 11 is 0. The van der Waals surface area contributed by atoms with Crippen LogP contribution in [0.25, 0.3) is 0 Å². The minimum Gasteiger partial charge on any atom is -0.379 e. The SMILES string of the molecule is CN=C(NCc1ccccc1S(=O)(=O)N(C)C)NCC(C(C)C)N1CCOCC1.I. The van der Waals surface area contributed by atoms with Crippen LogP contribution in [-0.4, -0.2) is 83.6 Å². The van der Waals surface area contributed by atoms with E-state index in [0.717, 1.165) is 32.8 Å². The largest absolute Gasteiger partial charge is 0.379 e. The fourth-order valence-corrected chi connectivity index (χ4v) is 4.51. The zero-order valence-electron chi connectivity index (χ0n) is 18.6. The number of hydrogen-bond acceptors (Lipinski definition) is 5. The molecule has 0 bridgehead atoms. The van der Waals surface area contributed by atoms with E-state index in [-0.39, 0.29) is 24.0 Å². The average Bonchev–Trinajstić information content (AvgIpc) is 2.71. The van der Waals surface area contributed by atoms with Crippen molar-refractivity contribution >= 4 is 40.0 Å². The molecule has 2 N–H and O–H groups in total. The van der Waals surface area contributed by atoms with Crippen LogP contribution in [0.4, 0.5) is 0 Å². The smallest absolute Gasteiger partial charge is 0.242 e. The Hall–Kier alpha value is -0.950. The van der Waals surface area contributed by atoms with Crippen molar-refractivity contribution in [3.63, 3.8) is 0 Å². The third-order valence-electron chi connectivity index (χ3n) is 5.16. The van der Waals surface area contributed by atoms with Crippen molar-refractivity contribution in [3.05, 3.63) is 29.8 Å². The Labute approximate surface area is 198 Å². The molecule has 1 atom stereocenters. The van der Waals surface area contributed by atoms with Crippen LogP contribution in [-0.2, 0) is 21.3 Å². The Morgan fingerprint density at radius 3 is 2.40 bits per heavy atom. The van der Waals surface area contributed by atoms with E-state index < -0.39 is 10.0 Å². The highest BCUT2D eigenvalue weighted by molar-refractivity contribution is 14.0. The van der Waals surface area contributed by atoms with Crippen molar-refractivity contribution in [2.24, 2.45) is 10.9 Å². The van der Waals surface area contributed by atoms with Gasteiger partial charge in [0.1, 0.15) is 0 Å². The number of hydrogen-bond donors (Lipinski definition) is 2. The third-order valence-corrected chi connectivity index (χ3v) is 7.08. The van der Waals surface area contributed by atoms with Crippen LogP contribution in [0.15, 0.2) is 34.2 Å². The predicted octanol–water partition coefficient (Wildman–Crippen LogP) is 1.58. The normalized spacial score (nSPS) is 17.0. The summed E-state index contributed by atoms with van der Waals surface area (Å²) < 4.78 is 31.8. The van der Waals surface area contributed by atoms with Crippen LogP contribution in [0, 0.1) is 5.92 Å². The molecule has 1 aliphatic heterocycles. The summed E-state index contributed by atoms with van der Waals surface area (Å²) in [5, 5.41) is 6.64. The molecule has 0 amide bonds. The highest BCUT2D eigenvalue weighted by Crippen LogP contribution is 2.18. The lowest BCUT2D eigenvalue weighted by Crippen LogP contribution is -2.52. The predicted molar refractivity (Wildman–Crippen MR) is 132 cm³/mol. The Kier molecular flexibility index (Phi) is 11.6. The molecular formula is C20H36IN5O3S. The molecule has 1 aromatic carbocycles. The molecule has 1 fully saturated rings. The van der Waals surface area contributed by atoms with E-state index in [9.17, 15) is 8.42 Å².